The Kier molecular flexibility index (Phi) is 21.8. The number of carbonyl (C=O) groups is 4. The number of hydrogen-bond donors (Lipinski definition) is 2. The maximum absolute atomic E-state index is 13.5. The van der Waals surface area contributed by atoms with E-state index in [2.05, 4.69) is 32.3 Å². The van der Waals surface area contributed by atoms with Gasteiger partial charge in [-0.2, -0.15) is 39.1 Å². The number of amides is 4. The topological polar surface area (TPSA) is 284 Å². The first-order valence-corrected chi connectivity index (χ1v) is 40.5. The summed E-state index contributed by atoms with van der Waals surface area (Å²) in [6, 6.07) is 61.3. The number of fused-ring (bicyclic) bond motifs is 12. The van der Waals surface area contributed by atoms with Gasteiger partial charge in [-0.15, -0.1) is 0 Å². The fourth-order valence-corrected chi connectivity index (χ4v) is 16.4. The Morgan fingerprint density at radius 3 is 0.925 bits per heavy atom. The van der Waals surface area contributed by atoms with Crippen LogP contribution in [0.4, 0.5) is 23.6 Å². The van der Waals surface area contributed by atoms with E-state index >= 15 is 0 Å². The van der Waals surface area contributed by atoms with Crippen molar-refractivity contribution in [2.24, 2.45) is 0 Å². The second-order valence-corrected chi connectivity index (χ2v) is 31.2. The highest BCUT2D eigenvalue weighted by Gasteiger charge is 2.33. The molecule has 8 aromatic carbocycles. The Labute approximate surface area is 687 Å². The van der Waals surface area contributed by atoms with Crippen molar-refractivity contribution >= 4 is 67.7 Å². The van der Waals surface area contributed by atoms with E-state index in [1.54, 1.807) is 48.6 Å². The van der Waals surface area contributed by atoms with Crippen LogP contribution in [-0.2, 0) is 0 Å². The van der Waals surface area contributed by atoms with E-state index in [1.165, 1.54) is 27.9 Å². The molecule has 12 aliphatic rings. The van der Waals surface area contributed by atoms with E-state index in [0.29, 0.717) is 175 Å². The molecule has 0 bridgehead atoms. The summed E-state index contributed by atoms with van der Waals surface area (Å²) in [5, 5.41) is 41.0. The van der Waals surface area contributed by atoms with Gasteiger partial charge in [-0.3, -0.25) is 37.4 Å². The number of para-hydroxylation sites is 5. The number of benzene rings is 8. The first-order valence-electron chi connectivity index (χ1n) is 40.5. The number of pyridine rings is 4. The molecule has 120 heavy (non-hydrogen) atoms. The maximum atomic E-state index is 13.5. The van der Waals surface area contributed by atoms with Gasteiger partial charge in [0.2, 0.25) is 0 Å². The summed E-state index contributed by atoms with van der Waals surface area (Å²) in [6.45, 7) is 11.8. The second-order valence-electron chi connectivity index (χ2n) is 31.2. The molecule has 2 N–H and O–H groups in total. The fourth-order valence-electron chi connectivity index (χ4n) is 16.4. The molecule has 0 saturated carbocycles. The number of rotatable bonds is 4. The van der Waals surface area contributed by atoms with E-state index in [0.717, 1.165) is 63.3 Å². The summed E-state index contributed by atoms with van der Waals surface area (Å²) in [5.41, 5.74) is 11.6. The minimum Gasteiger partial charge on any atom is -0.393 e. The highest BCUT2D eigenvalue weighted by Crippen LogP contribution is 2.35. The zero-order chi connectivity index (χ0) is 83.1. The SMILES string of the molecule is Cc1ccc2c(c1)c1nn(-c3ccccc3)c(=O)c-1cn2C(=O)N1CCC(F)CC1.Cc1ccc2c(c1)c1nn(-c3ccccc3)c(=O)c-1cn2C(=O)N1CCC(O)CC1.Cc1ccc2c(c1)c1nn(-c3ccccc3)c(=O)c-1cn2C(=O)N1CCCN(C)CC1.O=C(N1CCC(O)CC1)n1cc2c(=O)n(-c3ccccc3)nc-2c2ccccc21. The first kappa shape index (κ1) is 78.7. The molecule has 12 aliphatic heterocycles. The number of halogens is 1. The number of alkyl halides is 1. The molecular weight excluding hydrogens is 1520 g/mol. The second kappa shape index (κ2) is 33.3. The molecule has 0 aliphatic carbocycles. The van der Waals surface area contributed by atoms with Crippen molar-refractivity contribution in [2.75, 3.05) is 72.5 Å². The molecule has 0 radical (unpaired) electrons. The summed E-state index contributed by atoms with van der Waals surface area (Å²) in [5.74, 6) is 0. The summed E-state index contributed by atoms with van der Waals surface area (Å²) in [4.78, 5) is 115. The number of carbonyl (C=O) groups excluding carboxylic acids is 4. The lowest BCUT2D eigenvalue weighted by atomic mass is 10.1. The largest absolute Gasteiger partial charge is 0.393 e. The minimum atomic E-state index is -0.863. The van der Waals surface area contributed by atoms with E-state index in [-0.39, 0.29) is 58.6 Å². The highest BCUT2D eigenvalue weighted by molar-refractivity contribution is 6.03. The first-order chi connectivity index (χ1) is 58.2. The fraction of sp³-hybridized carbons (Fsp3) is 0.261. The molecule has 4 saturated heterocycles. The number of likely N-dealkylation sites (N-methyl/N-ethyl adjacent to an activating group) is 1. The molecule has 4 amide bonds. The molecule has 28 heteroatoms. The van der Waals surface area contributed by atoms with E-state index in [4.69, 9.17) is 0 Å². The van der Waals surface area contributed by atoms with Crippen LogP contribution in [0.15, 0.2) is 244 Å². The molecule has 4 fully saturated rings. The van der Waals surface area contributed by atoms with Crippen molar-refractivity contribution in [3.05, 3.63) is 283 Å². The van der Waals surface area contributed by atoms with Gasteiger partial charge in [-0.1, -0.05) is 126 Å². The van der Waals surface area contributed by atoms with Crippen molar-refractivity contribution in [2.45, 2.75) is 84.1 Å². The summed E-state index contributed by atoms with van der Waals surface area (Å²) in [6.07, 6.45) is 8.71. The monoisotopic (exact) mass is 1610 g/mol. The lowest BCUT2D eigenvalue weighted by Gasteiger charge is -2.30. The molecule has 27 nitrogen and oxygen atoms in total. The van der Waals surface area contributed by atoms with Crippen molar-refractivity contribution in [3.8, 4) is 67.8 Å². The third-order valence-corrected chi connectivity index (χ3v) is 22.9. The van der Waals surface area contributed by atoms with Gasteiger partial charge in [-0.25, -0.2) is 23.6 Å². The van der Waals surface area contributed by atoms with Crippen LogP contribution in [0.3, 0.4) is 0 Å². The number of aromatic nitrogens is 12. The lowest BCUT2D eigenvalue weighted by Crippen LogP contribution is -2.42. The third-order valence-electron chi connectivity index (χ3n) is 22.9. The smallest absolute Gasteiger partial charge is 0.328 e. The van der Waals surface area contributed by atoms with Crippen LogP contribution in [0.25, 0.3) is 111 Å². The number of aliphatic hydroxyl groups is 2. The zero-order valence-corrected chi connectivity index (χ0v) is 66.8. The molecule has 20 rings (SSSR count). The van der Waals surface area contributed by atoms with Crippen LogP contribution < -0.4 is 22.2 Å². The Morgan fingerprint density at radius 2 is 0.600 bits per heavy atom. The van der Waals surface area contributed by atoms with Gasteiger partial charge in [0.15, 0.2) is 0 Å². The third kappa shape index (κ3) is 15.3. The van der Waals surface area contributed by atoms with Crippen LogP contribution >= 0.6 is 0 Å². The van der Waals surface area contributed by atoms with Crippen LogP contribution in [0.2, 0.25) is 0 Å². The molecule has 0 atom stereocenters. The van der Waals surface area contributed by atoms with E-state index < -0.39 is 6.17 Å². The van der Waals surface area contributed by atoms with Gasteiger partial charge < -0.3 is 34.7 Å². The standard InChI is InChI=1S/C24H25N5O2.C23H21FN4O2.C23H22N4O3.C22H20N4O3/c1-17-9-10-21-19(15-17)22-20(23(30)29(25-22)18-7-4-3-5-8-18)16-28(21)24(31)27-12-6-11-26(2)13-14-27;1-15-7-8-20-18(13-15)21-19(22(29)28(25-21)17-5-3-2-4-6-17)14-27(20)23(30)26-11-9-16(24)10-12-26;1-15-7-8-20-18(13-15)21-19(22(29)27(24-21)16-5-3-2-4-6-16)14-26(20)23(30)25-11-9-17(28)10-12-25;27-16-10-12-24(13-11-16)22(29)25-14-18-20(17-8-4-5-9-19(17)25)23-26(21(18)28)15-6-2-1-3-7-15/h3-5,7-10,15-16H,6,11-14H2,1-2H3;2-8,13-14,16H,9-12H2,1H3;2-8,13-14,17,28H,9-12H2,1H3;1-9,14,16,27H,10-13H2. The Balaban J connectivity index is 0.000000114. The predicted octanol–water partition coefficient (Wildman–Crippen LogP) is 13.0. The van der Waals surface area contributed by atoms with Crippen LogP contribution in [-0.4, -0.2) is 207 Å². The van der Waals surface area contributed by atoms with Gasteiger partial charge in [0.1, 0.15) is 28.9 Å². The molecule has 608 valence electrons. The Bertz CT molecular complexity index is 6450. The van der Waals surface area contributed by atoms with Gasteiger partial charge in [0, 0.05) is 105 Å². The van der Waals surface area contributed by atoms with E-state index in [9.17, 15) is 53.0 Å². The van der Waals surface area contributed by atoms with Gasteiger partial charge in [0.05, 0.1) is 79.3 Å². The quantitative estimate of drug-likeness (QED) is 0.166. The average molecular weight is 1610 g/mol. The van der Waals surface area contributed by atoms with Gasteiger partial charge >= 0.3 is 24.1 Å². The maximum Gasteiger partial charge on any atom is 0.328 e. The number of likely N-dealkylation sites (tertiary alicyclic amines) is 3. The minimum absolute atomic E-state index is 0.0992. The average Bonchev–Trinajstić information content (AvgIpc) is 1.63. The number of aryl methyl sites for hydroxylation is 3. The van der Waals surface area contributed by atoms with Crippen LogP contribution in [0.1, 0.15) is 61.6 Å². The highest BCUT2D eigenvalue weighted by atomic mass is 19.1. The van der Waals surface area contributed by atoms with Gasteiger partial charge in [-0.05, 0) is 170 Å². The normalized spacial score (nSPS) is 15.3. The Morgan fingerprint density at radius 1 is 0.325 bits per heavy atom. The molecule has 0 unspecified atom stereocenters. The summed E-state index contributed by atoms with van der Waals surface area (Å²) < 4.78 is 25.3. The zero-order valence-electron chi connectivity index (χ0n) is 66.8. The summed E-state index contributed by atoms with van der Waals surface area (Å²) in [7, 11) is 2.08. The van der Waals surface area contributed by atoms with Crippen molar-refractivity contribution in [3.63, 3.8) is 0 Å². The Hall–Kier alpha value is -13.8. The van der Waals surface area contributed by atoms with Crippen LogP contribution in [0.5, 0.6) is 0 Å². The molecule has 12 heterocycles. The van der Waals surface area contributed by atoms with E-state index in [1.807, 2.05) is 226 Å². The molecular formula is C92H88FN17O10. The number of piperidine rings is 3. The summed E-state index contributed by atoms with van der Waals surface area (Å²) >= 11 is 0. The van der Waals surface area contributed by atoms with Crippen molar-refractivity contribution in [1.82, 2.24) is 81.9 Å². The van der Waals surface area contributed by atoms with Crippen molar-refractivity contribution < 1.29 is 33.8 Å². The van der Waals surface area contributed by atoms with Crippen molar-refractivity contribution in [1.29, 1.82) is 0 Å². The van der Waals surface area contributed by atoms with Crippen LogP contribution in [0, 0.1) is 20.8 Å². The number of nitrogens with zero attached hydrogens (tertiary/aromatic N) is 17. The molecule has 8 aromatic rings. The predicted molar refractivity (Wildman–Crippen MR) is 458 cm³/mol. The molecule has 0 spiro atoms. The molecule has 0 aromatic heterocycles. The lowest BCUT2D eigenvalue weighted by molar-refractivity contribution is 0.0937. The number of hydrogen-bond acceptors (Lipinski definition) is 15. The number of aliphatic hydroxyl groups excluding tert-OH is 2. The van der Waals surface area contributed by atoms with Gasteiger partial charge in [0.25, 0.3) is 22.2 Å².